The number of nitrogens with one attached hydrogen (secondary N) is 1. The van der Waals surface area contributed by atoms with Crippen LogP contribution in [0.15, 0.2) is 42.9 Å². The smallest absolute Gasteiger partial charge is 0.216 e. The molecule has 1 amide bonds. The predicted molar refractivity (Wildman–Crippen MR) is 108 cm³/mol. The molecule has 0 bridgehead atoms. The second kappa shape index (κ2) is 8.48. The van der Waals surface area contributed by atoms with Crippen molar-refractivity contribution in [1.82, 2.24) is 30.0 Å². The number of pyridine rings is 2. The minimum atomic E-state index is -0.0250. The number of fused-ring (bicyclic) bond motifs is 1. The van der Waals surface area contributed by atoms with Gasteiger partial charge in [-0.25, -0.2) is 9.67 Å². The highest BCUT2D eigenvalue weighted by Gasteiger charge is 2.26. The number of carbonyl (C=O) groups excluding carboxylic acids is 1. The van der Waals surface area contributed by atoms with Gasteiger partial charge < -0.3 is 5.32 Å². The molecular formula is C21H26N6O. The van der Waals surface area contributed by atoms with E-state index in [2.05, 4.69) is 32.3 Å². The molecule has 0 aromatic carbocycles. The number of likely N-dealkylation sites (tertiary alicyclic amines) is 1. The van der Waals surface area contributed by atoms with Gasteiger partial charge in [0, 0.05) is 56.5 Å². The van der Waals surface area contributed by atoms with Crippen molar-refractivity contribution >= 4 is 16.9 Å². The molecule has 28 heavy (non-hydrogen) atoms. The molecule has 7 nitrogen and oxygen atoms in total. The van der Waals surface area contributed by atoms with E-state index in [-0.39, 0.29) is 5.91 Å². The molecule has 1 atom stereocenters. The van der Waals surface area contributed by atoms with E-state index in [0.29, 0.717) is 19.0 Å². The van der Waals surface area contributed by atoms with Crippen molar-refractivity contribution in [1.29, 1.82) is 0 Å². The van der Waals surface area contributed by atoms with Crippen LogP contribution in [0.2, 0.25) is 0 Å². The van der Waals surface area contributed by atoms with Crippen LogP contribution in [0, 0.1) is 0 Å². The van der Waals surface area contributed by atoms with E-state index < -0.39 is 0 Å². The lowest BCUT2D eigenvalue weighted by atomic mass is 9.93. The zero-order valence-corrected chi connectivity index (χ0v) is 16.2. The van der Waals surface area contributed by atoms with Gasteiger partial charge in [0.05, 0.1) is 12.2 Å². The van der Waals surface area contributed by atoms with Crippen LogP contribution < -0.4 is 5.32 Å². The van der Waals surface area contributed by atoms with Crippen LogP contribution in [0.4, 0.5) is 0 Å². The zero-order valence-electron chi connectivity index (χ0n) is 16.2. The lowest BCUT2D eigenvalue weighted by Crippen LogP contribution is -2.34. The van der Waals surface area contributed by atoms with E-state index in [1.54, 1.807) is 6.20 Å². The molecule has 1 saturated heterocycles. The maximum absolute atomic E-state index is 11.2. The number of amides is 1. The van der Waals surface area contributed by atoms with Crippen LogP contribution in [0.5, 0.6) is 0 Å². The van der Waals surface area contributed by atoms with Crippen LogP contribution in [0.1, 0.15) is 36.9 Å². The van der Waals surface area contributed by atoms with Crippen molar-refractivity contribution < 1.29 is 4.79 Å². The summed E-state index contributed by atoms with van der Waals surface area (Å²) in [5, 5.41) is 8.88. The highest BCUT2D eigenvalue weighted by Crippen LogP contribution is 2.31. The summed E-state index contributed by atoms with van der Waals surface area (Å²) in [5.74, 6) is 0.363. The molecule has 0 aliphatic carbocycles. The number of piperidine rings is 1. The summed E-state index contributed by atoms with van der Waals surface area (Å²) in [5.41, 5.74) is 3.27. The second-order valence-electron chi connectivity index (χ2n) is 7.40. The SMILES string of the molecule is CC(=O)NCCn1nc([C@@H]2CCCN(Cc3cccnc3)C2)c2cccnc21. The fourth-order valence-electron chi connectivity index (χ4n) is 4.00. The Balaban J connectivity index is 1.53. The lowest BCUT2D eigenvalue weighted by Gasteiger charge is -2.32. The summed E-state index contributed by atoms with van der Waals surface area (Å²) in [7, 11) is 0. The Morgan fingerprint density at radius 3 is 3.00 bits per heavy atom. The molecule has 0 saturated carbocycles. The van der Waals surface area contributed by atoms with Crippen molar-refractivity contribution in [2.45, 2.75) is 38.8 Å². The van der Waals surface area contributed by atoms with Gasteiger partial charge in [-0.1, -0.05) is 6.07 Å². The Labute approximate surface area is 164 Å². The van der Waals surface area contributed by atoms with Gasteiger partial charge in [0.25, 0.3) is 0 Å². The van der Waals surface area contributed by atoms with E-state index in [1.807, 2.05) is 29.2 Å². The van der Waals surface area contributed by atoms with Gasteiger partial charge in [-0.3, -0.25) is 14.7 Å². The zero-order chi connectivity index (χ0) is 19.3. The van der Waals surface area contributed by atoms with Gasteiger partial charge in [-0.2, -0.15) is 5.10 Å². The molecule has 7 heteroatoms. The van der Waals surface area contributed by atoms with Gasteiger partial charge in [0.15, 0.2) is 5.65 Å². The van der Waals surface area contributed by atoms with Crippen LogP contribution in [0.25, 0.3) is 11.0 Å². The number of carbonyl (C=O) groups is 1. The number of rotatable bonds is 6. The number of hydrogen-bond acceptors (Lipinski definition) is 5. The predicted octanol–water partition coefficient (Wildman–Crippen LogP) is 2.34. The van der Waals surface area contributed by atoms with E-state index in [9.17, 15) is 4.79 Å². The largest absolute Gasteiger partial charge is 0.354 e. The van der Waals surface area contributed by atoms with Gasteiger partial charge in [-0.15, -0.1) is 0 Å². The molecule has 4 rings (SSSR count). The van der Waals surface area contributed by atoms with Gasteiger partial charge in [0.2, 0.25) is 5.91 Å². The van der Waals surface area contributed by atoms with Crippen LogP contribution in [0.3, 0.4) is 0 Å². The van der Waals surface area contributed by atoms with E-state index in [4.69, 9.17) is 5.10 Å². The monoisotopic (exact) mass is 378 g/mol. The number of nitrogens with zero attached hydrogens (tertiary/aromatic N) is 5. The first-order chi connectivity index (χ1) is 13.7. The van der Waals surface area contributed by atoms with E-state index in [1.165, 1.54) is 12.5 Å². The summed E-state index contributed by atoms with van der Waals surface area (Å²) in [4.78, 5) is 22.4. The first-order valence-electron chi connectivity index (χ1n) is 9.88. The highest BCUT2D eigenvalue weighted by atomic mass is 16.1. The molecule has 3 aromatic rings. The first-order valence-corrected chi connectivity index (χ1v) is 9.88. The van der Waals surface area contributed by atoms with Gasteiger partial charge >= 0.3 is 0 Å². The maximum Gasteiger partial charge on any atom is 0.216 e. The summed E-state index contributed by atoms with van der Waals surface area (Å²) >= 11 is 0. The molecule has 0 radical (unpaired) electrons. The Morgan fingerprint density at radius 2 is 2.18 bits per heavy atom. The minimum Gasteiger partial charge on any atom is -0.354 e. The summed E-state index contributed by atoms with van der Waals surface area (Å²) in [6.07, 6.45) is 7.86. The van der Waals surface area contributed by atoms with Crippen molar-refractivity contribution in [3.8, 4) is 0 Å². The third kappa shape index (κ3) is 4.20. The van der Waals surface area contributed by atoms with Crippen molar-refractivity contribution in [3.63, 3.8) is 0 Å². The van der Waals surface area contributed by atoms with Gasteiger partial charge in [0.1, 0.15) is 0 Å². The molecule has 4 heterocycles. The third-order valence-electron chi connectivity index (χ3n) is 5.25. The topological polar surface area (TPSA) is 75.9 Å². The third-order valence-corrected chi connectivity index (χ3v) is 5.25. The Bertz CT molecular complexity index is 938. The average molecular weight is 378 g/mol. The average Bonchev–Trinajstić information content (AvgIpc) is 3.08. The molecule has 3 aromatic heterocycles. The molecule has 1 N–H and O–H groups in total. The van der Waals surface area contributed by atoms with E-state index in [0.717, 1.165) is 49.2 Å². The quantitative estimate of drug-likeness (QED) is 0.713. The van der Waals surface area contributed by atoms with Gasteiger partial charge in [-0.05, 0) is 43.1 Å². The molecule has 1 aliphatic rings. The molecule has 146 valence electrons. The minimum absolute atomic E-state index is 0.0250. The number of aromatic nitrogens is 4. The molecule has 1 fully saturated rings. The van der Waals surface area contributed by atoms with Crippen LogP contribution >= 0.6 is 0 Å². The van der Waals surface area contributed by atoms with Crippen molar-refractivity contribution in [2.24, 2.45) is 0 Å². The Kier molecular flexibility index (Phi) is 5.62. The van der Waals surface area contributed by atoms with Crippen LogP contribution in [-0.4, -0.2) is 50.2 Å². The standard InChI is InChI=1S/C21H26N6O/c1-16(28)23-10-12-27-21-19(7-3-9-24-21)20(25-27)18-6-4-11-26(15-18)14-17-5-2-8-22-13-17/h2-3,5,7-9,13,18H,4,6,10-12,14-15H2,1H3,(H,23,28)/t18-/m1/s1. The number of hydrogen-bond donors (Lipinski definition) is 1. The Hall–Kier alpha value is -2.80. The highest BCUT2D eigenvalue weighted by molar-refractivity contribution is 5.79. The van der Waals surface area contributed by atoms with Crippen molar-refractivity contribution in [2.75, 3.05) is 19.6 Å². The fourth-order valence-corrected chi connectivity index (χ4v) is 4.00. The summed E-state index contributed by atoms with van der Waals surface area (Å²) in [6, 6.07) is 8.21. The summed E-state index contributed by atoms with van der Waals surface area (Å²) in [6.45, 7) is 5.72. The lowest BCUT2D eigenvalue weighted by molar-refractivity contribution is -0.118. The molecule has 0 unspecified atom stereocenters. The fraction of sp³-hybridized carbons (Fsp3) is 0.429. The first kappa shape index (κ1) is 18.6. The molecule has 1 aliphatic heterocycles. The van der Waals surface area contributed by atoms with E-state index >= 15 is 0 Å². The Morgan fingerprint density at radius 1 is 1.29 bits per heavy atom. The normalized spacial score (nSPS) is 17.7. The van der Waals surface area contributed by atoms with Crippen LogP contribution in [-0.2, 0) is 17.9 Å². The second-order valence-corrected chi connectivity index (χ2v) is 7.40. The molecular weight excluding hydrogens is 352 g/mol. The maximum atomic E-state index is 11.2. The van der Waals surface area contributed by atoms with Crippen molar-refractivity contribution in [3.05, 3.63) is 54.1 Å². The molecule has 0 spiro atoms. The summed E-state index contributed by atoms with van der Waals surface area (Å²) < 4.78 is 1.93.